The number of halogens is 2. The molecule has 0 bridgehead atoms. The maximum atomic E-state index is 13.7. The molecule has 0 radical (unpaired) electrons. The van der Waals surface area contributed by atoms with E-state index in [-0.39, 0.29) is 5.02 Å². The van der Waals surface area contributed by atoms with Crippen LogP contribution in [-0.2, 0) is 13.1 Å². The standard InChI is InChI=1S/C13H15ClFN3/c1-2-6-18-9-16-7-10(18)8-17-12-5-3-4-11(14)13(12)15/h3-5,7,9,17H,2,6,8H2,1H3. The van der Waals surface area contributed by atoms with Crippen LogP contribution in [0.25, 0.3) is 0 Å². The molecule has 3 nitrogen and oxygen atoms in total. The second-order valence-corrected chi connectivity index (χ2v) is 4.44. The van der Waals surface area contributed by atoms with Gasteiger partial charge in [-0.05, 0) is 18.6 Å². The van der Waals surface area contributed by atoms with Crippen molar-refractivity contribution < 1.29 is 4.39 Å². The van der Waals surface area contributed by atoms with Crippen molar-refractivity contribution in [3.8, 4) is 0 Å². The number of aromatic nitrogens is 2. The molecule has 0 fully saturated rings. The molecule has 1 aromatic carbocycles. The van der Waals surface area contributed by atoms with E-state index in [4.69, 9.17) is 11.6 Å². The predicted molar refractivity (Wildman–Crippen MR) is 71.3 cm³/mol. The van der Waals surface area contributed by atoms with Gasteiger partial charge in [0.2, 0.25) is 0 Å². The summed E-state index contributed by atoms with van der Waals surface area (Å²) >= 11 is 5.72. The molecule has 0 unspecified atom stereocenters. The highest BCUT2D eigenvalue weighted by Gasteiger charge is 2.07. The molecule has 0 atom stereocenters. The Kier molecular flexibility index (Phi) is 4.20. The SMILES string of the molecule is CCCn1cncc1CNc1cccc(Cl)c1F. The van der Waals surface area contributed by atoms with Gasteiger partial charge in [-0.3, -0.25) is 0 Å². The molecule has 5 heteroatoms. The first-order valence-corrected chi connectivity index (χ1v) is 6.27. The second kappa shape index (κ2) is 5.87. The Morgan fingerprint density at radius 3 is 3.06 bits per heavy atom. The number of aryl methyl sites for hydroxylation is 1. The molecule has 96 valence electrons. The fourth-order valence-corrected chi connectivity index (χ4v) is 1.94. The number of imidazole rings is 1. The van der Waals surface area contributed by atoms with Crippen LogP contribution in [-0.4, -0.2) is 9.55 Å². The Morgan fingerprint density at radius 1 is 1.44 bits per heavy atom. The fraction of sp³-hybridized carbons (Fsp3) is 0.308. The first kappa shape index (κ1) is 12.9. The molecule has 18 heavy (non-hydrogen) atoms. The number of rotatable bonds is 5. The van der Waals surface area contributed by atoms with Crippen LogP contribution in [0, 0.1) is 5.82 Å². The van der Waals surface area contributed by atoms with Crippen LogP contribution in [0.15, 0.2) is 30.7 Å². The van der Waals surface area contributed by atoms with Crippen LogP contribution in [0.2, 0.25) is 5.02 Å². The minimum atomic E-state index is -0.416. The van der Waals surface area contributed by atoms with Gasteiger partial charge >= 0.3 is 0 Å². The van der Waals surface area contributed by atoms with Crippen LogP contribution < -0.4 is 5.32 Å². The van der Waals surface area contributed by atoms with Gasteiger partial charge < -0.3 is 9.88 Å². The number of hydrogen-bond acceptors (Lipinski definition) is 2. The molecular formula is C13H15ClFN3. The van der Waals surface area contributed by atoms with Crippen LogP contribution in [0.4, 0.5) is 10.1 Å². The maximum absolute atomic E-state index is 13.7. The van der Waals surface area contributed by atoms with E-state index < -0.39 is 5.82 Å². The fourth-order valence-electron chi connectivity index (χ4n) is 1.76. The lowest BCUT2D eigenvalue weighted by Gasteiger charge is -2.10. The summed E-state index contributed by atoms with van der Waals surface area (Å²) in [6.07, 6.45) is 4.61. The van der Waals surface area contributed by atoms with Crippen molar-refractivity contribution in [1.29, 1.82) is 0 Å². The Hall–Kier alpha value is -1.55. The zero-order valence-electron chi connectivity index (χ0n) is 10.2. The van der Waals surface area contributed by atoms with Crippen LogP contribution in [0.5, 0.6) is 0 Å². The minimum Gasteiger partial charge on any atom is -0.377 e. The number of benzene rings is 1. The molecule has 0 aliphatic carbocycles. The van der Waals surface area contributed by atoms with E-state index in [1.807, 2.05) is 0 Å². The lowest BCUT2D eigenvalue weighted by atomic mass is 10.3. The number of hydrogen-bond donors (Lipinski definition) is 1. The third-order valence-electron chi connectivity index (χ3n) is 2.67. The van der Waals surface area contributed by atoms with E-state index in [0.717, 1.165) is 18.7 Å². The van der Waals surface area contributed by atoms with Crippen molar-refractivity contribution in [2.45, 2.75) is 26.4 Å². The molecule has 2 aromatic rings. The third kappa shape index (κ3) is 2.82. The molecule has 0 amide bonds. The van der Waals surface area contributed by atoms with E-state index >= 15 is 0 Å². The summed E-state index contributed by atoms with van der Waals surface area (Å²) in [5, 5.41) is 3.16. The molecule has 2 rings (SSSR count). The third-order valence-corrected chi connectivity index (χ3v) is 2.97. The Bertz CT molecular complexity index is 525. The lowest BCUT2D eigenvalue weighted by molar-refractivity contribution is 0.627. The number of anilines is 1. The summed E-state index contributed by atoms with van der Waals surface area (Å²) in [4.78, 5) is 4.10. The largest absolute Gasteiger partial charge is 0.377 e. The van der Waals surface area contributed by atoms with Gasteiger partial charge in [-0.15, -0.1) is 0 Å². The molecular weight excluding hydrogens is 253 g/mol. The first-order valence-electron chi connectivity index (χ1n) is 5.89. The highest BCUT2D eigenvalue weighted by Crippen LogP contribution is 2.22. The van der Waals surface area contributed by atoms with Crippen molar-refractivity contribution in [3.05, 3.63) is 47.3 Å². The molecule has 0 spiro atoms. The van der Waals surface area contributed by atoms with E-state index in [2.05, 4.69) is 21.8 Å². The minimum absolute atomic E-state index is 0.127. The molecule has 0 aliphatic heterocycles. The topological polar surface area (TPSA) is 29.9 Å². The number of nitrogens with zero attached hydrogens (tertiary/aromatic N) is 2. The smallest absolute Gasteiger partial charge is 0.164 e. The summed E-state index contributed by atoms with van der Waals surface area (Å²) in [6.45, 7) is 3.54. The van der Waals surface area contributed by atoms with Crippen LogP contribution in [0.1, 0.15) is 19.0 Å². The van der Waals surface area contributed by atoms with Gasteiger partial charge in [-0.2, -0.15) is 0 Å². The van der Waals surface area contributed by atoms with E-state index in [1.165, 1.54) is 6.07 Å². The zero-order valence-corrected chi connectivity index (χ0v) is 10.9. The van der Waals surface area contributed by atoms with Crippen LogP contribution in [0.3, 0.4) is 0 Å². The van der Waals surface area contributed by atoms with Gasteiger partial charge in [0, 0.05) is 12.7 Å². The average Bonchev–Trinajstić information content (AvgIpc) is 2.79. The Balaban J connectivity index is 2.07. The van der Waals surface area contributed by atoms with E-state index in [9.17, 15) is 4.39 Å². The molecule has 0 saturated heterocycles. The van der Waals surface area contributed by atoms with Gasteiger partial charge in [0.25, 0.3) is 0 Å². The maximum Gasteiger partial charge on any atom is 0.164 e. The Morgan fingerprint density at radius 2 is 2.28 bits per heavy atom. The predicted octanol–water partition coefficient (Wildman–Crippen LogP) is 3.70. The van der Waals surface area contributed by atoms with E-state index in [0.29, 0.717) is 12.2 Å². The van der Waals surface area contributed by atoms with Crippen molar-refractivity contribution >= 4 is 17.3 Å². The van der Waals surface area contributed by atoms with Gasteiger partial charge in [-0.25, -0.2) is 9.37 Å². The zero-order chi connectivity index (χ0) is 13.0. The second-order valence-electron chi connectivity index (χ2n) is 4.03. The Labute approximate surface area is 111 Å². The number of nitrogens with one attached hydrogen (secondary N) is 1. The summed E-state index contributed by atoms with van der Waals surface area (Å²) in [6, 6.07) is 4.92. The highest BCUT2D eigenvalue weighted by molar-refractivity contribution is 6.31. The van der Waals surface area contributed by atoms with Crippen molar-refractivity contribution in [2.24, 2.45) is 0 Å². The quantitative estimate of drug-likeness (QED) is 0.895. The summed E-state index contributed by atoms with van der Waals surface area (Å²) in [5.74, 6) is -0.416. The van der Waals surface area contributed by atoms with Crippen molar-refractivity contribution in [1.82, 2.24) is 9.55 Å². The van der Waals surface area contributed by atoms with Crippen molar-refractivity contribution in [2.75, 3.05) is 5.32 Å². The highest BCUT2D eigenvalue weighted by atomic mass is 35.5. The van der Waals surface area contributed by atoms with Gasteiger partial charge in [0.15, 0.2) is 5.82 Å². The van der Waals surface area contributed by atoms with E-state index in [1.54, 1.807) is 24.7 Å². The molecule has 0 saturated carbocycles. The average molecular weight is 268 g/mol. The van der Waals surface area contributed by atoms with Gasteiger partial charge in [0.05, 0.1) is 29.3 Å². The lowest BCUT2D eigenvalue weighted by Crippen LogP contribution is -2.07. The van der Waals surface area contributed by atoms with Gasteiger partial charge in [0.1, 0.15) is 0 Å². The normalized spacial score (nSPS) is 10.6. The summed E-state index contributed by atoms with van der Waals surface area (Å²) < 4.78 is 15.7. The molecule has 1 aromatic heterocycles. The molecule has 1 heterocycles. The summed E-state index contributed by atoms with van der Waals surface area (Å²) in [7, 11) is 0. The van der Waals surface area contributed by atoms with Gasteiger partial charge in [-0.1, -0.05) is 24.6 Å². The first-order chi connectivity index (χ1) is 8.72. The van der Waals surface area contributed by atoms with Crippen LogP contribution >= 0.6 is 11.6 Å². The monoisotopic (exact) mass is 267 g/mol. The molecule has 0 aliphatic rings. The van der Waals surface area contributed by atoms with Crippen molar-refractivity contribution in [3.63, 3.8) is 0 Å². The summed E-state index contributed by atoms with van der Waals surface area (Å²) in [5.41, 5.74) is 1.43. The molecule has 1 N–H and O–H groups in total.